The van der Waals surface area contributed by atoms with Crippen molar-refractivity contribution < 1.29 is 4.42 Å². The first kappa shape index (κ1) is 14.3. The smallest absolute Gasteiger partial charge is 0.205 e. The van der Waals surface area contributed by atoms with E-state index in [9.17, 15) is 0 Å². The van der Waals surface area contributed by atoms with Gasteiger partial charge in [-0.05, 0) is 36.8 Å². The maximum Gasteiger partial charge on any atom is 0.205 e. The Morgan fingerprint density at radius 3 is 3.00 bits per heavy atom. The van der Waals surface area contributed by atoms with Crippen LogP contribution in [0, 0.1) is 6.92 Å². The van der Waals surface area contributed by atoms with Gasteiger partial charge >= 0.3 is 0 Å². The summed E-state index contributed by atoms with van der Waals surface area (Å²) in [6.45, 7) is 3.01. The third-order valence-corrected chi connectivity index (χ3v) is 4.82. The molecule has 0 unspecified atom stereocenters. The fourth-order valence-corrected chi connectivity index (χ4v) is 3.55. The Bertz CT molecular complexity index is 872. The maximum atomic E-state index is 5.83. The SMILES string of the molecule is Cc1ccc2oc(CSc3ccccc3N3CCC=N3)nc2c1. The summed E-state index contributed by atoms with van der Waals surface area (Å²) in [5.41, 5.74) is 4.13. The van der Waals surface area contributed by atoms with Crippen molar-refractivity contribution in [3.8, 4) is 0 Å². The van der Waals surface area contributed by atoms with Crippen LogP contribution in [0.1, 0.15) is 17.9 Å². The van der Waals surface area contributed by atoms with E-state index in [1.807, 2.05) is 18.3 Å². The molecule has 0 saturated heterocycles. The predicted octanol–water partition coefficient (Wildman–Crippen LogP) is 4.62. The van der Waals surface area contributed by atoms with Crippen molar-refractivity contribution in [2.24, 2.45) is 5.10 Å². The average Bonchev–Trinajstić information content (AvgIpc) is 3.22. The molecule has 5 heteroatoms. The monoisotopic (exact) mass is 323 g/mol. The van der Waals surface area contributed by atoms with Gasteiger partial charge in [0.05, 0.1) is 11.4 Å². The van der Waals surface area contributed by atoms with Crippen molar-refractivity contribution in [1.82, 2.24) is 4.98 Å². The second-order valence-corrected chi connectivity index (χ2v) is 6.56. The minimum atomic E-state index is 0.711. The zero-order valence-electron chi connectivity index (χ0n) is 12.9. The van der Waals surface area contributed by atoms with Crippen molar-refractivity contribution >= 4 is 34.8 Å². The average molecular weight is 323 g/mol. The second kappa shape index (κ2) is 6.08. The number of aromatic nitrogens is 1. The van der Waals surface area contributed by atoms with Crippen LogP contribution in [0.3, 0.4) is 0 Å². The molecule has 1 aromatic heterocycles. The van der Waals surface area contributed by atoms with Crippen LogP contribution in [0.2, 0.25) is 0 Å². The van der Waals surface area contributed by atoms with E-state index >= 15 is 0 Å². The number of para-hydroxylation sites is 1. The van der Waals surface area contributed by atoms with Crippen molar-refractivity contribution in [1.29, 1.82) is 0 Å². The number of aryl methyl sites for hydroxylation is 1. The molecule has 3 aromatic rings. The van der Waals surface area contributed by atoms with Gasteiger partial charge in [-0.15, -0.1) is 11.8 Å². The van der Waals surface area contributed by atoms with Crippen LogP contribution in [0.25, 0.3) is 11.1 Å². The summed E-state index contributed by atoms with van der Waals surface area (Å²) in [6.07, 6.45) is 2.97. The van der Waals surface area contributed by atoms with Crippen LogP contribution in [0.5, 0.6) is 0 Å². The summed E-state index contributed by atoms with van der Waals surface area (Å²) in [6, 6.07) is 14.4. The topological polar surface area (TPSA) is 41.6 Å². The Labute approximate surface area is 139 Å². The number of hydrazone groups is 1. The maximum absolute atomic E-state index is 5.83. The number of rotatable bonds is 4. The minimum Gasteiger partial charge on any atom is -0.440 e. The van der Waals surface area contributed by atoms with Gasteiger partial charge in [-0.2, -0.15) is 5.10 Å². The van der Waals surface area contributed by atoms with E-state index in [1.54, 1.807) is 11.8 Å². The number of hydrogen-bond donors (Lipinski definition) is 0. The molecule has 0 spiro atoms. The number of fused-ring (bicyclic) bond motifs is 1. The van der Waals surface area contributed by atoms with Crippen LogP contribution >= 0.6 is 11.8 Å². The number of nitrogens with zero attached hydrogens (tertiary/aromatic N) is 3. The van der Waals surface area contributed by atoms with Gasteiger partial charge in [0.25, 0.3) is 0 Å². The van der Waals surface area contributed by atoms with Gasteiger partial charge in [-0.3, -0.25) is 5.01 Å². The largest absolute Gasteiger partial charge is 0.440 e. The van der Waals surface area contributed by atoms with E-state index in [-0.39, 0.29) is 0 Å². The Morgan fingerprint density at radius 2 is 2.13 bits per heavy atom. The van der Waals surface area contributed by atoms with Crippen molar-refractivity contribution in [2.45, 2.75) is 24.0 Å². The molecule has 4 nitrogen and oxygen atoms in total. The summed E-state index contributed by atoms with van der Waals surface area (Å²) < 4.78 is 5.83. The lowest BCUT2D eigenvalue weighted by Gasteiger charge is -2.17. The zero-order chi connectivity index (χ0) is 15.6. The number of anilines is 1. The van der Waals surface area contributed by atoms with E-state index in [0.717, 1.165) is 35.6 Å². The van der Waals surface area contributed by atoms with Crippen LogP contribution in [0.15, 0.2) is 56.9 Å². The fraction of sp³-hybridized carbons (Fsp3) is 0.222. The molecular formula is C18H17N3OS. The number of benzene rings is 2. The van der Waals surface area contributed by atoms with Crippen molar-refractivity contribution in [2.75, 3.05) is 11.6 Å². The molecule has 23 heavy (non-hydrogen) atoms. The highest BCUT2D eigenvalue weighted by Gasteiger charge is 2.14. The molecule has 0 radical (unpaired) electrons. The van der Waals surface area contributed by atoms with Crippen LogP contribution < -0.4 is 5.01 Å². The first-order valence-corrected chi connectivity index (χ1v) is 8.66. The third-order valence-electron chi connectivity index (χ3n) is 3.77. The van der Waals surface area contributed by atoms with Gasteiger partial charge in [-0.25, -0.2) is 4.98 Å². The molecule has 4 rings (SSSR count). The Kier molecular flexibility index (Phi) is 3.79. The summed E-state index contributed by atoms with van der Waals surface area (Å²) in [5.74, 6) is 1.47. The van der Waals surface area contributed by atoms with E-state index < -0.39 is 0 Å². The lowest BCUT2D eigenvalue weighted by atomic mass is 10.2. The molecule has 0 amide bonds. The summed E-state index contributed by atoms with van der Waals surface area (Å²) >= 11 is 1.73. The Morgan fingerprint density at radius 1 is 1.22 bits per heavy atom. The lowest BCUT2D eigenvalue weighted by molar-refractivity contribution is 0.556. The second-order valence-electron chi connectivity index (χ2n) is 5.55. The molecule has 0 N–H and O–H groups in total. The summed E-state index contributed by atoms with van der Waals surface area (Å²) in [7, 11) is 0. The molecule has 0 bridgehead atoms. The van der Waals surface area contributed by atoms with Crippen molar-refractivity contribution in [3.63, 3.8) is 0 Å². The first-order chi connectivity index (χ1) is 11.3. The van der Waals surface area contributed by atoms with Gasteiger partial charge in [0.2, 0.25) is 5.89 Å². The molecule has 1 aliphatic heterocycles. The molecule has 0 saturated carbocycles. The van der Waals surface area contributed by atoms with E-state index in [1.165, 1.54) is 10.5 Å². The van der Waals surface area contributed by atoms with E-state index in [4.69, 9.17) is 4.42 Å². The van der Waals surface area contributed by atoms with Gasteiger partial charge in [-0.1, -0.05) is 18.2 Å². The van der Waals surface area contributed by atoms with E-state index in [0.29, 0.717) is 5.75 Å². The van der Waals surface area contributed by atoms with Crippen LogP contribution in [-0.2, 0) is 5.75 Å². The normalized spacial score (nSPS) is 14.0. The molecule has 0 atom stereocenters. The highest BCUT2D eigenvalue weighted by atomic mass is 32.2. The van der Waals surface area contributed by atoms with Gasteiger partial charge in [0.15, 0.2) is 5.58 Å². The number of thioether (sulfide) groups is 1. The highest BCUT2D eigenvalue weighted by molar-refractivity contribution is 7.98. The Hall–Kier alpha value is -2.27. The van der Waals surface area contributed by atoms with E-state index in [2.05, 4.69) is 52.3 Å². The molecule has 2 aromatic carbocycles. The van der Waals surface area contributed by atoms with Crippen LogP contribution in [-0.4, -0.2) is 17.7 Å². The zero-order valence-corrected chi connectivity index (χ0v) is 13.7. The first-order valence-electron chi connectivity index (χ1n) is 7.67. The van der Waals surface area contributed by atoms with Crippen LogP contribution in [0.4, 0.5) is 5.69 Å². The molecule has 116 valence electrons. The highest BCUT2D eigenvalue weighted by Crippen LogP contribution is 2.33. The summed E-state index contributed by atoms with van der Waals surface area (Å²) in [4.78, 5) is 5.78. The van der Waals surface area contributed by atoms with Gasteiger partial charge < -0.3 is 4.42 Å². The van der Waals surface area contributed by atoms with Gasteiger partial charge in [0.1, 0.15) is 5.52 Å². The number of hydrogen-bond acceptors (Lipinski definition) is 5. The van der Waals surface area contributed by atoms with Crippen molar-refractivity contribution in [3.05, 3.63) is 53.9 Å². The third kappa shape index (κ3) is 2.97. The standard InChI is InChI=1S/C18H17N3OS/c1-13-7-8-16-14(11-13)20-18(22-16)12-23-17-6-3-2-5-15(17)21-10-4-9-19-21/h2-3,5-9,11H,4,10,12H2,1H3. The molecular weight excluding hydrogens is 306 g/mol. The van der Waals surface area contributed by atoms with Gasteiger partial charge in [0, 0.05) is 24.1 Å². The minimum absolute atomic E-state index is 0.711. The molecule has 0 fully saturated rings. The Balaban J connectivity index is 1.55. The molecule has 1 aliphatic rings. The summed E-state index contributed by atoms with van der Waals surface area (Å²) in [5, 5.41) is 6.48. The fourth-order valence-electron chi connectivity index (χ4n) is 2.66. The molecule has 2 heterocycles. The quantitative estimate of drug-likeness (QED) is 0.657. The number of oxazole rings is 1. The predicted molar refractivity (Wildman–Crippen MR) is 95.2 cm³/mol. The molecule has 0 aliphatic carbocycles. The lowest BCUT2D eigenvalue weighted by Crippen LogP contribution is -2.12.